The van der Waals surface area contributed by atoms with Crippen LogP contribution in [0.4, 0.5) is 0 Å². The Morgan fingerprint density at radius 3 is 2.53 bits per heavy atom. The molecule has 3 aromatic rings. The fourth-order valence-electron chi connectivity index (χ4n) is 4.89. The number of hydrogen-bond donors (Lipinski definition) is 1. The molecule has 30 heavy (non-hydrogen) atoms. The van der Waals surface area contributed by atoms with E-state index in [1.54, 1.807) is 10.7 Å². The molecule has 2 aliphatic rings. The summed E-state index contributed by atoms with van der Waals surface area (Å²) >= 11 is 1.39. The maximum atomic E-state index is 10.6. The predicted molar refractivity (Wildman–Crippen MR) is 116 cm³/mol. The summed E-state index contributed by atoms with van der Waals surface area (Å²) in [5.41, 5.74) is 2.39. The van der Waals surface area contributed by atoms with E-state index in [4.69, 9.17) is 4.74 Å². The highest BCUT2D eigenvalue weighted by atomic mass is 32.1. The van der Waals surface area contributed by atoms with Gasteiger partial charge in [0.05, 0.1) is 16.9 Å². The molecule has 158 valence electrons. The lowest BCUT2D eigenvalue weighted by molar-refractivity contribution is -0.0163. The quantitative estimate of drug-likeness (QED) is 0.680. The Kier molecular flexibility index (Phi) is 4.99. The Morgan fingerprint density at radius 2 is 1.87 bits per heavy atom. The molecule has 1 N–H and O–H groups in total. The number of benzene rings is 1. The molecular formula is C22H27N5O2S. The number of aromatic nitrogens is 4. The third kappa shape index (κ3) is 3.70. The lowest BCUT2D eigenvalue weighted by Gasteiger charge is -2.48. The Bertz CT molecular complexity index is 1030. The average Bonchev–Trinajstić information content (AvgIpc) is 3.33. The SMILES string of the molecule is Cc1ccn(-c2ccc(-c3nnc(OC4CC5CC(C)CC(C4)N5C)s3)c(O)c2)n1. The minimum atomic E-state index is 0.158. The van der Waals surface area contributed by atoms with Gasteiger partial charge in [0.2, 0.25) is 0 Å². The van der Waals surface area contributed by atoms with Crippen molar-refractivity contribution in [2.45, 2.75) is 57.7 Å². The second-order valence-corrected chi connectivity index (χ2v) is 9.68. The van der Waals surface area contributed by atoms with Gasteiger partial charge in [0, 0.05) is 24.3 Å². The van der Waals surface area contributed by atoms with Gasteiger partial charge in [0.15, 0.2) is 5.01 Å². The fourth-order valence-corrected chi connectivity index (χ4v) is 5.69. The van der Waals surface area contributed by atoms with E-state index >= 15 is 0 Å². The Morgan fingerprint density at radius 1 is 1.10 bits per heavy atom. The normalized spacial score (nSPS) is 26.6. The van der Waals surface area contributed by atoms with E-state index < -0.39 is 0 Å². The van der Waals surface area contributed by atoms with Crippen LogP contribution >= 0.6 is 11.3 Å². The van der Waals surface area contributed by atoms with Crippen LogP contribution in [0.2, 0.25) is 0 Å². The first-order chi connectivity index (χ1) is 14.5. The van der Waals surface area contributed by atoms with Crippen LogP contribution in [0, 0.1) is 12.8 Å². The van der Waals surface area contributed by atoms with Crippen molar-refractivity contribution in [1.29, 1.82) is 0 Å². The van der Waals surface area contributed by atoms with Crippen LogP contribution < -0.4 is 4.74 Å². The summed E-state index contributed by atoms with van der Waals surface area (Å²) in [6.07, 6.45) is 6.61. The lowest BCUT2D eigenvalue weighted by Crippen LogP contribution is -2.54. The van der Waals surface area contributed by atoms with Crippen LogP contribution in [0.15, 0.2) is 30.5 Å². The second-order valence-electron chi connectivity index (χ2n) is 8.74. The van der Waals surface area contributed by atoms with Crippen LogP contribution in [-0.4, -0.2) is 55.2 Å². The zero-order valence-electron chi connectivity index (χ0n) is 17.5. The van der Waals surface area contributed by atoms with Crippen molar-refractivity contribution >= 4 is 11.3 Å². The summed E-state index contributed by atoms with van der Waals surface area (Å²) in [6, 6.07) is 8.58. The number of hydrogen-bond acceptors (Lipinski definition) is 7. The largest absolute Gasteiger partial charge is 0.507 e. The van der Waals surface area contributed by atoms with Gasteiger partial charge in [0.25, 0.3) is 5.19 Å². The van der Waals surface area contributed by atoms with E-state index in [0.29, 0.717) is 27.8 Å². The molecule has 1 aromatic carbocycles. The molecule has 0 spiro atoms. The van der Waals surface area contributed by atoms with Crippen LogP contribution in [0.1, 0.15) is 38.3 Å². The molecule has 2 aliphatic heterocycles. The van der Waals surface area contributed by atoms with Gasteiger partial charge in [-0.15, -0.1) is 5.10 Å². The Labute approximate surface area is 180 Å². The molecule has 0 radical (unpaired) electrons. The zero-order valence-corrected chi connectivity index (χ0v) is 18.3. The lowest BCUT2D eigenvalue weighted by atomic mass is 9.78. The summed E-state index contributed by atoms with van der Waals surface area (Å²) in [7, 11) is 2.25. The van der Waals surface area contributed by atoms with E-state index in [9.17, 15) is 5.11 Å². The van der Waals surface area contributed by atoms with E-state index in [0.717, 1.165) is 30.1 Å². The van der Waals surface area contributed by atoms with Crippen molar-refractivity contribution in [2.75, 3.05) is 7.05 Å². The van der Waals surface area contributed by atoms with Crippen molar-refractivity contribution in [3.05, 3.63) is 36.2 Å². The standard InChI is InChI=1S/C22H27N5O2S/c1-13-8-16-10-18(11-17(9-13)26(16)3)29-22-24-23-21(30-22)19-5-4-15(12-20(19)28)27-7-6-14(2)25-27/h4-7,12-13,16-18,28H,8-11H2,1-3H3. The molecule has 2 saturated heterocycles. The molecule has 0 amide bonds. The van der Waals surface area contributed by atoms with Gasteiger partial charge in [-0.25, -0.2) is 4.68 Å². The fraction of sp³-hybridized carbons (Fsp3) is 0.500. The molecule has 0 saturated carbocycles. The first-order valence-electron chi connectivity index (χ1n) is 10.5. The predicted octanol–water partition coefficient (Wildman–Crippen LogP) is 4.04. The van der Waals surface area contributed by atoms with Gasteiger partial charge >= 0.3 is 0 Å². The molecule has 0 aliphatic carbocycles. The average molecular weight is 426 g/mol. The minimum absolute atomic E-state index is 0.158. The van der Waals surface area contributed by atoms with Crippen molar-refractivity contribution in [3.63, 3.8) is 0 Å². The highest BCUT2D eigenvalue weighted by Crippen LogP contribution is 2.39. The maximum Gasteiger partial charge on any atom is 0.294 e. The number of fused-ring (bicyclic) bond motifs is 2. The number of ether oxygens (including phenoxy) is 1. The minimum Gasteiger partial charge on any atom is -0.507 e. The molecule has 2 fully saturated rings. The Balaban J connectivity index is 1.30. The maximum absolute atomic E-state index is 10.6. The number of phenols is 1. The number of aromatic hydroxyl groups is 1. The van der Waals surface area contributed by atoms with Crippen LogP contribution in [0.5, 0.6) is 10.9 Å². The first-order valence-corrected chi connectivity index (χ1v) is 11.4. The third-order valence-electron chi connectivity index (χ3n) is 6.44. The van der Waals surface area contributed by atoms with Gasteiger partial charge in [-0.3, -0.25) is 0 Å². The van der Waals surface area contributed by atoms with E-state index in [1.807, 2.05) is 31.3 Å². The molecular weight excluding hydrogens is 398 g/mol. The van der Waals surface area contributed by atoms with E-state index in [-0.39, 0.29) is 11.9 Å². The van der Waals surface area contributed by atoms with Crippen LogP contribution in [-0.2, 0) is 0 Å². The topological polar surface area (TPSA) is 76.3 Å². The molecule has 4 heterocycles. The van der Waals surface area contributed by atoms with Crippen LogP contribution in [0.3, 0.4) is 0 Å². The third-order valence-corrected chi connectivity index (χ3v) is 7.29. The van der Waals surface area contributed by atoms with Crippen LogP contribution in [0.25, 0.3) is 16.3 Å². The summed E-state index contributed by atoms with van der Waals surface area (Å²) < 4.78 is 7.98. The molecule has 7 nitrogen and oxygen atoms in total. The smallest absolute Gasteiger partial charge is 0.294 e. The molecule has 2 atom stereocenters. The molecule has 8 heteroatoms. The van der Waals surface area contributed by atoms with E-state index in [1.165, 1.54) is 24.2 Å². The van der Waals surface area contributed by atoms with Gasteiger partial charge in [-0.2, -0.15) is 5.10 Å². The monoisotopic (exact) mass is 425 g/mol. The van der Waals surface area contributed by atoms with Crippen molar-refractivity contribution in [3.8, 4) is 27.2 Å². The summed E-state index contributed by atoms with van der Waals surface area (Å²) in [5.74, 6) is 0.952. The summed E-state index contributed by atoms with van der Waals surface area (Å²) in [4.78, 5) is 2.53. The van der Waals surface area contributed by atoms with Crippen molar-refractivity contribution in [1.82, 2.24) is 24.9 Å². The zero-order chi connectivity index (χ0) is 20.8. The molecule has 2 unspecified atom stereocenters. The number of piperidine rings is 2. The van der Waals surface area contributed by atoms with E-state index in [2.05, 4.69) is 34.2 Å². The molecule has 2 bridgehead atoms. The highest BCUT2D eigenvalue weighted by Gasteiger charge is 2.39. The summed E-state index contributed by atoms with van der Waals surface area (Å²) in [6.45, 7) is 4.29. The summed E-state index contributed by atoms with van der Waals surface area (Å²) in [5, 5.41) is 24.7. The van der Waals surface area contributed by atoms with Gasteiger partial charge in [0.1, 0.15) is 11.9 Å². The van der Waals surface area contributed by atoms with Gasteiger partial charge in [-0.1, -0.05) is 23.4 Å². The number of nitrogens with zero attached hydrogens (tertiary/aromatic N) is 5. The number of rotatable bonds is 4. The van der Waals surface area contributed by atoms with Gasteiger partial charge in [-0.05, 0) is 63.8 Å². The Hall–Kier alpha value is -2.45. The highest BCUT2D eigenvalue weighted by molar-refractivity contribution is 7.16. The number of aryl methyl sites for hydroxylation is 1. The van der Waals surface area contributed by atoms with Crippen molar-refractivity contribution in [2.24, 2.45) is 5.92 Å². The number of phenolic OH excluding ortho intramolecular Hbond substituents is 1. The molecule has 5 rings (SSSR count). The molecule has 2 aromatic heterocycles. The second kappa shape index (κ2) is 7.67. The van der Waals surface area contributed by atoms with Gasteiger partial charge < -0.3 is 14.7 Å². The van der Waals surface area contributed by atoms with Crippen molar-refractivity contribution < 1.29 is 9.84 Å². The first kappa shape index (κ1) is 19.5.